The van der Waals surface area contributed by atoms with E-state index >= 15 is 0 Å². The molecular formula is C21H17N. The van der Waals surface area contributed by atoms with Crippen LogP contribution in [-0.2, 0) is 0 Å². The van der Waals surface area contributed by atoms with Gasteiger partial charge in [-0.3, -0.25) is 0 Å². The zero-order chi connectivity index (χ0) is 15.7. The minimum absolute atomic E-state index is 0.960. The maximum absolute atomic E-state index is 5.71. The van der Waals surface area contributed by atoms with Crippen molar-refractivity contribution < 1.29 is 0 Å². The van der Waals surface area contributed by atoms with E-state index in [0.717, 1.165) is 39.0 Å². The summed E-state index contributed by atoms with van der Waals surface area (Å²) in [6.07, 6.45) is 5.71. The highest BCUT2D eigenvalue weighted by Crippen LogP contribution is 2.29. The maximum atomic E-state index is 5.71. The van der Waals surface area contributed by atoms with Crippen LogP contribution < -0.4 is 0 Å². The number of rotatable bonds is 2. The molecule has 0 aliphatic heterocycles. The smallest absolute Gasteiger partial charge is 0.0544 e. The van der Waals surface area contributed by atoms with Crippen LogP contribution in [-0.4, -0.2) is 4.57 Å². The molecule has 1 heteroatoms. The molecule has 1 aromatic heterocycles. The Labute approximate surface area is 131 Å². The minimum atomic E-state index is 0.960. The first-order chi connectivity index (χ1) is 10.7. The van der Waals surface area contributed by atoms with Crippen molar-refractivity contribution in [2.45, 2.75) is 13.8 Å². The summed E-state index contributed by atoms with van der Waals surface area (Å²) in [7, 11) is 0. The van der Waals surface area contributed by atoms with Crippen molar-refractivity contribution in [3.8, 4) is 18.0 Å². The SMILES string of the molecule is C#Cc1c(C)n(-c2ccc(C(C)=C=C)cc2)c2ccccc12. The van der Waals surface area contributed by atoms with Gasteiger partial charge in [0.2, 0.25) is 0 Å². The molecule has 0 aliphatic rings. The molecule has 22 heavy (non-hydrogen) atoms. The second kappa shape index (κ2) is 5.45. The fraction of sp³-hybridized carbons (Fsp3) is 0.0952. The predicted molar refractivity (Wildman–Crippen MR) is 94.2 cm³/mol. The van der Waals surface area contributed by atoms with Gasteiger partial charge in [0.25, 0.3) is 0 Å². The van der Waals surface area contributed by atoms with Crippen LogP contribution in [0.2, 0.25) is 0 Å². The van der Waals surface area contributed by atoms with E-state index in [1.54, 1.807) is 0 Å². The molecule has 0 saturated heterocycles. The van der Waals surface area contributed by atoms with E-state index in [0.29, 0.717) is 0 Å². The Balaban J connectivity index is 2.25. The van der Waals surface area contributed by atoms with Crippen molar-refractivity contribution in [3.05, 3.63) is 77.7 Å². The van der Waals surface area contributed by atoms with Crippen LogP contribution in [0.1, 0.15) is 23.7 Å². The van der Waals surface area contributed by atoms with Gasteiger partial charge in [-0.1, -0.05) is 42.8 Å². The third-order valence-electron chi connectivity index (χ3n) is 4.08. The summed E-state index contributed by atoms with van der Waals surface area (Å²) < 4.78 is 2.21. The first kappa shape index (κ1) is 14.0. The Morgan fingerprint density at radius 2 is 1.77 bits per heavy atom. The van der Waals surface area contributed by atoms with E-state index in [9.17, 15) is 0 Å². The number of aromatic nitrogens is 1. The van der Waals surface area contributed by atoms with Gasteiger partial charge in [-0.05, 0) is 43.2 Å². The Kier molecular flexibility index (Phi) is 3.47. The Morgan fingerprint density at radius 1 is 1.09 bits per heavy atom. The number of para-hydroxylation sites is 1. The molecule has 1 heterocycles. The molecule has 0 bridgehead atoms. The first-order valence-corrected chi connectivity index (χ1v) is 7.21. The highest BCUT2D eigenvalue weighted by Gasteiger charge is 2.13. The van der Waals surface area contributed by atoms with Crippen molar-refractivity contribution in [1.29, 1.82) is 0 Å². The maximum Gasteiger partial charge on any atom is 0.0544 e. The van der Waals surface area contributed by atoms with Gasteiger partial charge in [0, 0.05) is 16.8 Å². The molecule has 0 amide bonds. The van der Waals surface area contributed by atoms with E-state index < -0.39 is 0 Å². The summed E-state index contributed by atoms with van der Waals surface area (Å²) in [6, 6.07) is 16.6. The van der Waals surface area contributed by atoms with Crippen molar-refractivity contribution in [2.24, 2.45) is 0 Å². The van der Waals surface area contributed by atoms with Gasteiger partial charge in [0.15, 0.2) is 0 Å². The summed E-state index contributed by atoms with van der Waals surface area (Å²) in [6.45, 7) is 7.77. The number of allylic oxidation sites excluding steroid dienone is 1. The topological polar surface area (TPSA) is 4.93 Å². The molecule has 0 radical (unpaired) electrons. The summed E-state index contributed by atoms with van der Waals surface area (Å²) in [5.74, 6) is 2.82. The van der Waals surface area contributed by atoms with E-state index in [1.807, 2.05) is 19.1 Å². The van der Waals surface area contributed by atoms with Crippen molar-refractivity contribution in [3.63, 3.8) is 0 Å². The Bertz CT molecular complexity index is 940. The molecule has 0 fully saturated rings. The number of nitrogens with zero attached hydrogens (tertiary/aromatic N) is 1. The minimum Gasteiger partial charge on any atom is -0.313 e. The third-order valence-corrected chi connectivity index (χ3v) is 4.08. The van der Waals surface area contributed by atoms with Crippen LogP contribution in [0.4, 0.5) is 0 Å². The standard InChI is InChI=1S/C21H17N/c1-5-15(3)17-11-13-18(14-12-17)22-16(4)19(6-2)20-9-7-8-10-21(20)22/h2,7-14H,1H2,3-4H3. The van der Waals surface area contributed by atoms with Gasteiger partial charge in [0.1, 0.15) is 0 Å². The van der Waals surface area contributed by atoms with Crippen LogP contribution in [0.3, 0.4) is 0 Å². The molecule has 2 aromatic carbocycles. The van der Waals surface area contributed by atoms with E-state index in [2.05, 4.69) is 66.1 Å². The molecule has 3 rings (SSSR count). The van der Waals surface area contributed by atoms with Crippen LogP contribution in [0.5, 0.6) is 0 Å². The van der Waals surface area contributed by atoms with Gasteiger partial charge in [0.05, 0.1) is 11.1 Å². The van der Waals surface area contributed by atoms with Gasteiger partial charge >= 0.3 is 0 Å². The molecule has 0 saturated carbocycles. The van der Waals surface area contributed by atoms with E-state index in [1.165, 1.54) is 0 Å². The molecule has 0 aliphatic carbocycles. The molecule has 0 spiro atoms. The lowest BCUT2D eigenvalue weighted by molar-refractivity contribution is 1.05. The van der Waals surface area contributed by atoms with E-state index in [-0.39, 0.29) is 0 Å². The lowest BCUT2D eigenvalue weighted by Gasteiger charge is -2.09. The van der Waals surface area contributed by atoms with Gasteiger partial charge in [-0.2, -0.15) is 0 Å². The summed E-state index contributed by atoms with van der Waals surface area (Å²) >= 11 is 0. The number of hydrogen-bond acceptors (Lipinski definition) is 0. The zero-order valence-electron chi connectivity index (χ0n) is 12.9. The fourth-order valence-electron chi connectivity index (χ4n) is 2.84. The Hall–Kier alpha value is -2.94. The van der Waals surface area contributed by atoms with Crippen LogP contribution in [0.25, 0.3) is 22.2 Å². The number of terminal acetylenes is 1. The van der Waals surface area contributed by atoms with Crippen LogP contribution in [0, 0.1) is 19.3 Å². The van der Waals surface area contributed by atoms with Crippen molar-refractivity contribution >= 4 is 16.5 Å². The number of hydrogen-bond donors (Lipinski definition) is 0. The largest absolute Gasteiger partial charge is 0.313 e. The molecule has 0 atom stereocenters. The quantitative estimate of drug-likeness (QED) is 0.455. The van der Waals surface area contributed by atoms with Crippen LogP contribution >= 0.6 is 0 Å². The molecule has 106 valence electrons. The average molecular weight is 283 g/mol. The molecule has 0 N–H and O–H groups in total. The lowest BCUT2D eigenvalue weighted by atomic mass is 10.1. The fourth-order valence-corrected chi connectivity index (χ4v) is 2.84. The second-order valence-corrected chi connectivity index (χ2v) is 5.31. The second-order valence-electron chi connectivity index (χ2n) is 5.31. The Morgan fingerprint density at radius 3 is 2.41 bits per heavy atom. The van der Waals surface area contributed by atoms with E-state index in [4.69, 9.17) is 6.42 Å². The molecule has 3 aromatic rings. The monoisotopic (exact) mass is 283 g/mol. The molecule has 0 unspecified atom stereocenters. The van der Waals surface area contributed by atoms with Crippen LogP contribution in [0.15, 0.2) is 60.8 Å². The average Bonchev–Trinajstić information content (AvgIpc) is 2.85. The summed E-state index contributed by atoms with van der Waals surface area (Å²) in [5.41, 5.74) is 9.40. The highest BCUT2D eigenvalue weighted by molar-refractivity contribution is 5.90. The van der Waals surface area contributed by atoms with Crippen molar-refractivity contribution in [2.75, 3.05) is 0 Å². The molecular weight excluding hydrogens is 266 g/mol. The highest BCUT2D eigenvalue weighted by atomic mass is 15.0. The van der Waals surface area contributed by atoms with Gasteiger partial charge in [-0.15, -0.1) is 12.2 Å². The molecule has 1 nitrogen and oxygen atoms in total. The number of benzene rings is 2. The third kappa shape index (κ3) is 2.07. The lowest BCUT2D eigenvalue weighted by Crippen LogP contribution is -1.97. The summed E-state index contributed by atoms with van der Waals surface area (Å²) in [4.78, 5) is 0. The predicted octanol–water partition coefficient (Wildman–Crippen LogP) is 5.11. The number of fused-ring (bicyclic) bond motifs is 1. The van der Waals surface area contributed by atoms with Crippen molar-refractivity contribution in [1.82, 2.24) is 4.57 Å². The summed E-state index contributed by atoms with van der Waals surface area (Å²) in [5, 5.41) is 1.12. The normalized spacial score (nSPS) is 10.2. The zero-order valence-corrected chi connectivity index (χ0v) is 12.9. The van der Waals surface area contributed by atoms with Gasteiger partial charge < -0.3 is 4.57 Å². The van der Waals surface area contributed by atoms with Gasteiger partial charge in [-0.25, -0.2) is 0 Å². The first-order valence-electron chi connectivity index (χ1n) is 7.21.